The molecule has 1 aromatic carbocycles. The van der Waals surface area contributed by atoms with E-state index < -0.39 is 0 Å². The third-order valence-corrected chi connectivity index (χ3v) is 4.64. The average molecular weight is 354 g/mol. The van der Waals surface area contributed by atoms with Crippen molar-refractivity contribution in [2.24, 2.45) is 0 Å². The minimum Gasteiger partial charge on any atom is -0.334 e. The van der Waals surface area contributed by atoms with E-state index in [0.29, 0.717) is 0 Å². The van der Waals surface area contributed by atoms with Gasteiger partial charge in [0.05, 0.1) is 6.04 Å². The minimum absolute atomic E-state index is 0.277. The Morgan fingerprint density at radius 2 is 2.25 bits per heavy atom. The second kappa shape index (κ2) is 7.86. The maximum atomic E-state index is 4.51. The molecule has 3 nitrogen and oxygen atoms in total. The SMILES string of the molecule is CCNC(CSc1cccc(Br)c1)c1nccn1CC. The van der Waals surface area contributed by atoms with Gasteiger partial charge in [0, 0.05) is 34.1 Å². The fourth-order valence-corrected chi connectivity index (χ4v) is 3.67. The number of benzene rings is 1. The number of halogens is 1. The number of aryl methyl sites for hydroxylation is 1. The number of imidazole rings is 1. The van der Waals surface area contributed by atoms with Crippen LogP contribution in [0.3, 0.4) is 0 Å². The van der Waals surface area contributed by atoms with E-state index in [0.717, 1.165) is 29.1 Å². The summed E-state index contributed by atoms with van der Waals surface area (Å²) in [7, 11) is 0. The highest BCUT2D eigenvalue weighted by Gasteiger charge is 2.15. The number of hydrogen-bond donors (Lipinski definition) is 1. The molecular weight excluding hydrogens is 334 g/mol. The van der Waals surface area contributed by atoms with Gasteiger partial charge in [-0.05, 0) is 31.7 Å². The molecule has 1 N–H and O–H groups in total. The van der Waals surface area contributed by atoms with E-state index in [-0.39, 0.29) is 6.04 Å². The van der Waals surface area contributed by atoms with E-state index in [2.05, 4.69) is 68.9 Å². The van der Waals surface area contributed by atoms with Gasteiger partial charge in [0.25, 0.3) is 0 Å². The van der Waals surface area contributed by atoms with Crippen molar-refractivity contribution in [1.29, 1.82) is 0 Å². The van der Waals surface area contributed by atoms with Gasteiger partial charge in [-0.25, -0.2) is 4.98 Å². The monoisotopic (exact) mass is 353 g/mol. The second-order valence-corrected chi connectivity index (χ2v) is 6.46. The summed E-state index contributed by atoms with van der Waals surface area (Å²) in [4.78, 5) is 5.79. The van der Waals surface area contributed by atoms with Gasteiger partial charge < -0.3 is 9.88 Å². The minimum atomic E-state index is 0.277. The van der Waals surface area contributed by atoms with Crippen LogP contribution in [0.2, 0.25) is 0 Å². The van der Waals surface area contributed by atoms with Crippen LogP contribution in [0.5, 0.6) is 0 Å². The highest BCUT2D eigenvalue weighted by Crippen LogP contribution is 2.26. The molecule has 0 aliphatic heterocycles. The van der Waals surface area contributed by atoms with Gasteiger partial charge in [-0.1, -0.05) is 28.9 Å². The Labute approximate surface area is 133 Å². The molecule has 0 saturated heterocycles. The van der Waals surface area contributed by atoms with E-state index in [4.69, 9.17) is 0 Å². The third-order valence-electron chi connectivity index (χ3n) is 3.06. The van der Waals surface area contributed by atoms with Gasteiger partial charge in [0.15, 0.2) is 0 Å². The van der Waals surface area contributed by atoms with Gasteiger partial charge in [0.1, 0.15) is 5.82 Å². The summed E-state index contributed by atoms with van der Waals surface area (Å²) in [5.74, 6) is 2.10. The first-order chi connectivity index (χ1) is 9.74. The molecule has 1 heterocycles. The van der Waals surface area contributed by atoms with E-state index in [9.17, 15) is 0 Å². The van der Waals surface area contributed by atoms with Crippen molar-refractivity contribution in [3.05, 3.63) is 47.0 Å². The van der Waals surface area contributed by atoms with Crippen molar-refractivity contribution in [2.75, 3.05) is 12.3 Å². The lowest BCUT2D eigenvalue weighted by Gasteiger charge is -2.18. The first kappa shape index (κ1) is 15.6. The van der Waals surface area contributed by atoms with Crippen molar-refractivity contribution in [3.63, 3.8) is 0 Å². The molecule has 1 unspecified atom stereocenters. The first-order valence-corrected chi connectivity index (χ1v) is 8.65. The molecule has 5 heteroatoms. The molecule has 2 rings (SSSR count). The Morgan fingerprint density at radius 3 is 2.95 bits per heavy atom. The van der Waals surface area contributed by atoms with Gasteiger partial charge in [0.2, 0.25) is 0 Å². The van der Waals surface area contributed by atoms with Crippen molar-refractivity contribution in [3.8, 4) is 0 Å². The molecule has 1 atom stereocenters. The second-order valence-electron chi connectivity index (χ2n) is 4.45. The van der Waals surface area contributed by atoms with Gasteiger partial charge in [-0.15, -0.1) is 11.8 Å². The van der Waals surface area contributed by atoms with Crippen LogP contribution in [-0.4, -0.2) is 21.8 Å². The smallest absolute Gasteiger partial charge is 0.126 e. The number of nitrogens with one attached hydrogen (secondary N) is 1. The quantitative estimate of drug-likeness (QED) is 0.759. The Balaban J connectivity index is 2.06. The Kier molecular flexibility index (Phi) is 6.13. The van der Waals surface area contributed by atoms with Crippen molar-refractivity contribution < 1.29 is 0 Å². The summed E-state index contributed by atoms with van der Waals surface area (Å²) in [5, 5.41) is 3.53. The number of thioether (sulfide) groups is 1. The zero-order valence-corrected chi connectivity index (χ0v) is 14.2. The van der Waals surface area contributed by atoms with E-state index >= 15 is 0 Å². The molecule has 0 fully saturated rings. The maximum Gasteiger partial charge on any atom is 0.126 e. The van der Waals surface area contributed by atoms with Crippen LogP contribution in [0.25, 0.3) is 0 Å². The van der Waals surface area contributed by atoms with Crippen molar-refractivity contribution in [2.45, 2.75) is 31.3 Å². The van der Waals surface area contributed by atoms with Crippen LogP contribution in [-0.2, 0) is 6.54 Å². The Morgan fingerprint density at radius 1 is 1.40 bits per heavy atom. The van der Waals surface area contributed by atoms with Crippen molar-refractivity contribution in [1.82, 2.24) is 14.9 Å². The molecular formula is C15H20BrN3S. The molecule has 0 radical (unpaired) electrons. The largest absolute Gasteiger partial charge is 0.334 e. The summed E-state index contributed by atoms with van der Waals surface area (Å²) in [6.45, 7) is 6.19. The van der Waals surface area contributed by atoms with Crippen molar-refractivity contribution >= 4 is 27.7 Å². The number of nitrogens with zero attached hydrogens (tertiary/aromatic N) is 2. The molecule has 20 heavy (non-hydrogen) atoms. The standard InChI is InChI=1S/C15H20BrN3S/c1-3-17-14(15-18-8-9-19(15)4-2)11-20-13-7-5-6-12(16)10-13/h5-10,14,17H,3-4,11H2,1-2H3. The van der Waals surface area contributed by atoms with Crippen LogP contribution in [0, 0.1) is 0 Å². The zero-order chi connectivity index (χ0) is 14.4. The van der Waals surface area contributed by atoms with Crippen LogP contribution in [0.15, 0.2) is 46.0 Å². The predicted octanol–water partition coefficient (Wildman–Crippen LogP) is 4.11. The average Bonchev–Trinajstić information content (AvgIpc) is 2.92. The molecule has 0 amide bonds. The summed E-state index contributed by atoms with van der Waals surface area (Å²) in [6.07, 6.45) is 3.93. The lowest BCUT2D eigenvalue weighted by molar-refractivity contribution is 0.539. The normalized spacial score (nSPS) is 12.6. The number of aromatic nitrogens is 2. The van der Waals surface area contributed by atoms with Crippen LogP contribution in [0.4, 0.5) is 0 Å². The molecule has 0 aliphatic carbocycles. The van der Waals surface area contributed by atoms with Gasteiger partial charge in [-0.2, -0.15) is 0 Å². The fraction of sp³-hybridized carbons (Fsp3) is 0.400. The maximum absolute atomic E-state index is 4.51. The van der Waals surface area contributed by atoms with E-state index in [1.54, 1.807) is 0 Å². The van der Waals surface area contributed by atoms with Crippen LogP contribution >= 0.6 is 27.7 Å². The molecule has 108 valence electrons. The lowest BCUT2D eigenvalue weighted by Crippen LogP contribution is -2.26. The predicted molar refractivity (Wildman–Crippen MR) is 89.2 cm³/mol. The summed E-state index contributed by atoms with van der Waals surface area (Å²) in [6, 6.07) is 8.70. The number of hydrogen-bond acceptors (Lipinski definition) is 3. The Hall–Kier alpha value is -0.780. The van der Waals surface area contributed by atoms with Crippen LogP contribution in [0.1, 0.15) is 25.7 Å². The van der Waals surface area contributed by atoms with E-state index in [1.165, 1.54) is 4.90 Å². The van der Waals surface area contributed by atoms with Gasteiger partial charge in [-0.3, -0.25) is 0 Å². The zero-order valence-electron chi connectivity index (χ0n) is 11.8. The lowest BCUT2D eigenvalue weighted by atomic mass is 10.3. The van der Waals surface area contributed by atoms with Gasteiger partial charge >= 0.3 is 0 Å². The highest BCUT2D eigenvalue weighted by atomic mass is 79.9. The molecule has 0 saturated carbocycles. The highest BCUT2D eigenvalue weighted by molar-refractivity contribution is 9.10. The fourth-order valence-electron chi connectivity index (χ4n) is 2.11. The number of rotatable bonds is 7. The molecule has 1 aromatic heterocycles. The molecule has 0 bridgehead atoms. The molecule has 0 spiro atoms. The van der Waals surface area contributed by atoms with Crippen LogP contribution < -0.4 is 5.32 Å². The molecule has 0 aliphatic rings. The first-order valence-electron chi connectivity index (χ1n) is 6.87. The van der Waals surface area contributed by atoms with E-state index in [1.807, 2.05) is 24.2 Å². The summed E-state index contributed by atoms with van der Waals surface area (Å²) in [5.41, 5.74) is 0. The Bertz CT molecular complexity index is 541. The summed E-state index contributed by atoms with van der Waals surface area (Å²) >= 11 is 5.37. The molecule has 2 aromatic rings. The topological polar surface area (TPSA) is 29.9 Å². The summed E-state index contributed by atoms with van der Waals surface area (Å²) < 4.78 is 3.33. The third kappa shape index (κ3) is 4.11.